The van der Waals surface area contributed by atoms with Gasteiger partial charge in [-0.3, -0.25) is 4.79 Å². The molecule has 0 fully saturated rings. The molecule has 4 nitrogen and oxygen atoms in total. The molecular weight excluding hydrogens is 518 g/mol. The van der Waals surface area contributed by atoms with Gasteiger partial charge < -0.3 is 15.5 Å². The Labute approximate surface area is 261 Å². The fourth-order valence-corrected chi connectivity index (χ4v) is 4.97. The van der Waals surface area contributed by atoms with Gasteiger partial charge in [0.05, 0.1) is 18.8 Å². The molecule has 4 heteroatoms. The summed E-state index contributed by atoms with van der Waals surface area (Å²) in [7, 11) is 0. The SMILES string of the molecule is CCC/C=C/CC/C=C/CC/C=C/C(O)C(CO)NC(=O)CCCCCCCCCCC/C=C\CCCCCCCC. The topological polar surface area (TPSA) is 69.6 Å². The Morgan fingerprint density at radius 3 is 1.48 bits per heavy atom. The quantitative estimate of drug-likeness (QED) is 0.0558. The second-order valence-electron chi connectivity index (χ2n) is 11.9. The van der Waals surface area contributed by atoms with Gasteiger partial charge >= 0.3 is 0 Å². The molecule has 1 amide bonds. The lowest BCUT2D eigenvalue weighted by molar-refractivity contribution is -0.123. The molecule has 0 aromatic carbocycles. The molecule has 2 atom stereocenters. The van der Waals surface area contributed by atoms with E-state index in [0.29, 0.717) is 6.42 Å². The number of aliphatic hydroxyl groups excluding tert-OH is 2. The third-order valence-corrected chi connectivity index (χ3v) is 7.74. The van der Waals surface area contributed by atoms with Gasteiger partial charge in [-0.15, -0.1) is 0 Å². The number of rotatable bonds is 31. The van der Waals surface area contributed by atoms with Crippen molar-refractivity contribution < 1.29 is 15.0 Å². The predicted molar refractivity (Wildman–Crippen MR) is 184 cm³/mol. The minimum absolute atomic E-state index is 0.0848. The normalized spacial score (nSPS) is 13.7. The summed E-state index contributed by atoms with van der Waals surface area (Å²) in [6, 6.07) is -0.644. The summed E-state index contributed by atoms with van der Waals surface area (Å²) < 4.78 is 0. The van der Waals surface area contributed by atoms with Crippen LogP contribution in [-0.4, -0.2) is 34.9 Å². The molecule has 3 N–H and O–H groups in total. The van der Waals surface area contributed by atoms with Gasteiger partial charge in [-0.2, -0.15) is 0 Å². The molecule has 0 heterocycles. The third kappa shape index (κ3) is 29.8. The van der Waals surface area contributed by atoms with Crippen LogP contribution in [0.25, 0.3) is 0 Å². The number of unbranched alkanes of at least 4 members (excludes halogenated alkanes) is 18. The number of hydrogen-bond donors (Lipinski definition) is 3. The maximum Gasteiger partial charge on any atom is 0.220 e. The molecule has 42 heavy (non-hydrogen) atoms. The number of amides is 1. The van der Waals surface area contributed by atoms with E-state index in [1.807, 2.05) is 6.08 Å². The van der Waals surface area contributed by atoms with Crippen LogP contribution in [-0.2, 0) is 4.79 Å². The zero-order valence-corrected chi connectivity index (χ0v) is 27.8. The first-order valence-corrected chi connectivity index (χ1v) is 17.9. The molecule has 0 aliphatic heterocycles. The van der Waals surface area contributed by atoms with Gasteiger partial charge in [0.25, 0.3) is 0 Å². The van der Waals surface area contributed by atoms with E-state index in [1.165, 1.54) is 103 Å². The minimum Gasteiger partial charge on any atom is -0.394 e. The lowest BCUT2D eigenvalue weighted by atomic mass is 10.0. The van der Waals surface area contributed by atoms with E-state index in [-0.39, 0.29) is 12.5 Å². The highest BCUT2D eigenvalue weighted by atomic mass is 16.3. The van der Waals surface area contributed by atoms with Crippen LogP contribution in [0, 0.1) is 0 Å². The fraction of sp³-hybridized carbons (Fsp3) is 0.763. The second-order valence-corrected chi connectivity index (χ2v) is 11.9. The third-order valence-electron chi connectivity index (χ3n) is 7.74. The van der Waals surface area contributed by atoms with Crippen molar-refractivity contribution in [3.63, 3.8) is 0 Å². The summed E-state index contributed by atoms with van der Waals surface area (Å²) in [6.45, 7) is 4.20. The van der Waals surface area contributed by atoms with E-state index in [1.54, 1.807) is 6.08 Å². The van der Waals surface area contributed by atoms with Gasteiger partial charge in [0.15, 0.2) is 0 Å². The van der Waals surface area contributed by atoms with E-state index in [2.05, 4.69) is 55.6 Å². The Kier molecular flexibility index (Phi) is 32.5. The highest BCUT2D eigenvalue weighted by Crippen LogP contribution is 2.12. The zero-order valence-electron chi connectivity index (χ0n) is 27.8. The molecule has 2 unspecified atom stereocenters. The van der Waals surface area contributed by atoms with Gasteiger partial charge in [-0.25, -0.2) is 0 Å². The standard InChI is InChI=1S/C38H69NO3/c1-3-5-7-9-11-13-15-16-17-18-19-20-21-22-24-26-28-30-32-34-38(42)39-36(35-40)37(41)33-31-29-27-25-23-14-12-10-8-6-4-2/h8,10,16-17,23,25,31,33,36-37,40-41H,3-7,9,11-15,18-22,24,26-30,32,34-35H2,1-2H3,(H,39,42)/b10-8+,17-16-,25-23+,33-31+. The van der Waals surface area contributed by atoms with E-state index < -0.39 is 12.1 Å². The molecule has 0 aromatic heterocycles. The van der Waals surface area contributed by atoms with Crippen molar-refractivity contribution in [2.45, 2.75) is 180 Å². The van der Waals surface area contributed by atoms with Crippen molar-refractivity contribution in [3.05, 3.63) is 48.6 Å². The molecule has 0 bridgehead atoms. The van der Waals surface area contributed by atoms with Gasteiger partial charge in [0, 0.05) is 6.42 Å². The zero-order chi connectivity index (χ0) is 30.8. The lowest BCUT2D eigenvalue weighted by Gasteiger charge is -2.19. The maximum absolute atomic E-state index is 12.3. The Morgan fingerprint density at radius 1 is 0.548 bits per heavy atom. The first kappa shape index (κ1) is 40.4. The molecule has 0 rings (SSSR count). The van der Waals surface area contributed by atoms with E-state index >= 15 is 0 Å². The molecule has 0 spiro atoms. The Balaban J connectivity index is 3.65. The van der Waals surface area contributed by atoms with E-state index in [9.17, 15) is 15.0 Å². The van der Waals surface area contributed by atoms with Crippen molar-refractivity contribution in [1.29, 1.82) is 0 Å². The Bertz CT molecular complexity index is 682. The molecular formula is C38H69NO3. The smallest absolute Gasteiger partial charge is 0.220 e. The second kappa shape index (κ2) is 33.8. The number of carbonyl (C=O) groups excluding carboxylic acids is 1. The highest BCUT2D eigenvalue weighted by Gasteiger charge is 2.17. The van der Waals surface area contributed by atoms with Crippen molar-refractivity contribution in [1.82, 2.24) is 5.32 Å². The summed E-state index contributed by atoms with van der Waals surface area (Å²) in [5.41, 5.74) is 0. The highest BCUT2D eigenvalue weighted by molar-refractivity contribution is 5.76. The van der Waals surface area contributed by atoms with Gasteiger partial charge in [0.2, 0.25) is 5.91 Å². The average molecular weight is 588 g/mol. The van der Waals surface area contributed by atoms with Crippen molar-refractivity contribution >= 4 is 5.91 Å². The number of carbonyl (C=O) groups is 1. The van der Waals surface area contributed by atoms with Gasteiger partial charge in [-0.05, 0) is 64.2 Å². The van der Waals surface area contributed by atoms with Gasteiger partial charge in [0.1, 0.15) is 0 Å². The van der Waals surface area contributed by atoms with Crippen LogP contribution in [0.1, 0.15) is 168 Å². The molecule has 0 aliphatic carbocycles. The summed E-state index contributed by atoms with van der Waals surface area (Å²) in [5.74, 6) is -0.0848. The number of nitrogens with one attached hydrogen (secondary N) is 1. The number of allylic oxidation sites excluding steroid dienone is 7. The summed E-state index contributed by atoms with van der Waals surface area (Å²) in [5, 5.41) is 22.8. The molecule has 0 radical (unpaired) electrons. The molecule has 0 aliphatic rings. The number of aliphatic hydroxyl groups is 2. The van der Waals surface area contributed by atoms with Crippen LogP contribution in [0.15, 0.2) is 48.6 Å². The fourth-order valence-electron chi connectivity index (χ4n) is 4.97. The van der Waals surface area contributed by atoms with Crippen LogP contribution in [0.5, 0.6) is 0 Å². The minimum atomic E-state index is -0.868. The Morgan fingerprint density at radius 2 is 0.976 bits per heavy atom. The summed E-state index contributed by atoms with van der Waals surface area (Å²) in [6.07, 6.45) is 44.8. The van der Waals surface area contributed by atoms with Crippen LogP contribution in [0.4, 0.5) is 0 Å². The summed E-state index contributed by atoms with van der Waals surface area (Å²) >= 11 is 0. The Hall–Kier alpha value is -1.65. The lowest BCUT2D eigenvalue weighted by Crippen LogP contribution is -2.45. The molecule has 0 saturated carbocycles. The monoisotopic (exact) mass is 588 g/mol. The largest absolute Gasteiger partial charge is 0.394 e. The first-order chi connectivity index (χ1) is 20.7. The molecule has 0 saturated heterocycles. The maximum atomic E-state index is 12.3. The van der Waals surface area contributed by atoms with Crippen molar-refractivity contribution in [2.24, 2.45) is 0 Å². The van der Waals surface area contributed by atoms with Crippen LogP contribution in [0.2, 0.25) is 0 Å². The van der Waals surface area contributed by atoms with Gasteiger partial charge in [-0.1, -0.05) is 146 Å². The molecule has 244 valence electrons. The van der Waals surface area contributed by atoms with Crippen LogP contribution >= 0.6 is 0 Å². The van der Waals surface area contributed by atoms with Crippen molar-refractivity contribution in [2.75, 3.05) is 6.61 Å². The first-order valence-electron chi connectivity index (χ1n) is 17.9. The summed E-state index contributed by atoms with van der Waals surface area (Å²) in [4.78, 5) is 12.3. The van der Waals surface area contributed by atoms with E-state index in [4.69, 9.17) is 0 Å². The van der Waals surface area contributed by atoms with Crippen LogP contribution < -0.4 is 5.32 Å². The van der Waals surface area contributed by atoms with Crippen molar-refractivity contribution in [3.8, 4) is 0 Å². The number of hydrogen-bond acceptors (Lipinski definition) is 3. The van der Waals surface area contributed by atoms with Crippen LogP contribution in [0.3, 0.4) is 0 Å². The predicted octanol–water partition coefficient (Wildman–Crippen LogP) is 10.5. The molecule has 0 aromatic rings. The van der Waals surface area contributed by atoms with E-state index in [0.717, 1.165) is 44.9 Å². The average Bonchev–Trinajstić information content (AvgIpc) is 2.99.